The second-order valence-electron chi connectivity index (χ2n) is 7.46. The third-order valence-corrected chi connectivity index (χ3v) is 5.51. The molecular formula is C20H26F3N3O3. The summed E-state index contributed by atoms with van der Waals surface area (Å²) in [5.41, 5.74) is 0.311. The first-order chi connectivity index (χ1) is 13.7. The summed E-state index contributed by atoms with van der Waals surface area (Å²) >= 11 is 0. The number of ether oxygens (including phenoxy) is 1. The van der Waals surface area contributed by atoms with Crippen molar-refractivity contribution in [1.29, 1.82) is 0 Å². The molecule has 2 heterocycles. The fourth-order valence-corrected chi connectivity index (χ4v) is 3.83. The van der Waals surface area contributed by atoms with Gasteiger partial charge in [-0.15, -0.1) is 13.2 Å². The van der Waals surface area contributed by atoms with E-state index < -0.39 is 6.36 Å². The summed E-state index contributed by atoms with van der Waals surface area (Å²) < 4.78 is 40.5. The number of likely N-dealkylation sites (tertiary alicyclic amines) is 1. The smallest absolute Gasteiger partial charge is 0.406 e. The van der Waals surface area contributed by atoms with E-state index in [-0.39, 0.29) is 23.6 Å². The van der Waals surface area contributed by atoms with Gasteiger partial charge < -0.3 is 14.5 Å². The summed E-state index contributed by atoms with van der Waals surface area (Å²) in [6.07, 6.45) is -1.49. The number of halogens is 3. The van der Waals surface area contributed by atoms with Crippen LogP contribution in [0.5, 0.6) is 5.75 Å². The minimum atomic E-state index is -4.76. The molecule has 0 saturated carbocycles. The van der Waals surface area contributed by atoms with Crippen LogP contribution < -0.4 is 4.74 Å². The van der Waals surface area contributed by atoms with Gasteiger partial charge in [0.15, 0.2) is 0 Å². The predicted octanol–water partition coefficient (Wildman–Crippen LogP) is 2.74. The van der Waals surface area contributed by atoms with Crippen molar-refractivity contribution >= 4 is 11.8 Å². The van der Waals surface area contributed by atoms with Gasteiger partial charge in [-0.3, -0.25) is 14.5 Å². The Bertz CT molecular complexity index is 710. The summed E-state index contributed by atoms with van der Waals surface area (Å²) in [4.78, 5) is 31.0. The molecule has 9 heteroatoms. The van der Waals surface area contributed by atoms with E-state index in [1.54, 1.807) is 4.90 Å². The Morgan fingerprint density at radius 3 is 2.03 bits per heavy atom. The monoisotopic (exact) mass is 413 g/mol. The molecule has 0 bridgehead atoms. The third-order valence-electron chi connectivity index (χ3n) is 5.51. The number of hydrogen-bond acceptors (Lipinski definition) is 4. The highest BCUT2D eigenvalue weighted by Crippen LogP contribution is 2.23. The molecule has 0 spiro atoms. The van der Waals surface area contributed by atoms with Crippen LogP contribution in [-0.4, -0.2) is 78.2 Å². The van der Waals surface area contributed by atoms with Gasteiger partial charge in [-0.25, -0.2) is 0 Å². The zero-order valence-electron chi connectivity index (χ0n) is 16.5. The van der Waals surface area contributed by atoms with Crippen LogP contribution in [0.2, 0.25) is 0 Å². The van der Waals surface area contributed by atoms with Gasteiger partial charge in [0.25, 0.3) is 5.91 Å². The molecule has 0 aromatic heterocycles. The molecule has 1 atom stereocenters. The Morgan fingerprint density at radius 1 is 0.897 bits per heavy atom. The first-order valence-electron chi connectivity index (χ1n) is 9.92. The molecule has 1 aromatic carbocycles. The van der Waals surface area contributed by atoms with Crippen LogP contribution in [0, 0.1) is 0 Å². The average molecular weight is 413 g/mol. The maximum atomic E-state index is 12.7. The van der Waals surface area contributed by atoms with E-state index in [9.17, 15) is 22.8 Å². The molecule has 2 amide bonds. The van der Waals surface area contributed by atoms with Gasteiger partial charge >= 0.3 is 6.36 Å². The molecule has 2 aliphatic rings. The summed E-state index contributed by atoms with van der Waals surface area (Å²) in [5.74, 6) is -0.452. The number of piperidine rings is 1. The zero-order chi connectivity index (χ0) is 21.0. The normalized spacial score (nSPS) is 19.7. The molecule has 2 saturated heterocycles. The standard InChI is InChI=1S/C20H26F3N3O3/c1-15(18(27)25-9-3-2-4-10-25)24-11-13-26(14-12-24)19(28)16-5-7-17(8-6-16)29-20(21,22)23/h5-8,15H,2-4,9-14H2,1H3. The maximum Gasteiger partial charge on any atom is 0.573 e. The molecule has 6 nitrogen and oxygen atoms in total. The second-order valence-corrected chi connectivity index (χ2v) is 7.46. The van der Waals surface area contributed by atoms with Crippen molar-refractivity contribution in [1.82, 2.24) is 14.7 Å². The van der Waals surface area contributed by atoms with Crippen molar-refractivity contribution in [3.63, 3.8) is 0 Å². The van der Waals surface area contributed by atoms with Crippen molar-refractivity contribution < 1.29 is 27.5 Å². The van der Waals surface area contributed by atoms with Gasteiger partial charge in [-0.1, -0.05) is 0 Å². The molecule has 3 rings (SSSR count). The average Bonchev–Trinajstić information content (AvgIpc) is 2.72. The molecule has 1 aromatic rings. The molecule has 0 N–H and O–H groups in total. The number of amides is 2. The lowest BCUT2D eigenvalue weighted by Gasteiger charge is -2.39. The number of piperazine rings is 1. The highest BCUT2D eigenvalue weighted by Gasteiger charge is 2.32. The van der Waals surface area contributed by atoms with Gasteiger partial charge in [0.1, 0.15) is 5.75 Å². The number of carbonyl (C=O) groups excluding carboxylic acids is 2. The Hall–Kier alpha value is -2.29. The van der Waals surface area contributed by atoms with Gasteiger partial charge in [-0.05, 0) is 50.5 Å². The van der Waals surface area contributed by atoms with E-state index in [0.717, 1.165) is 38.1 Å². The largest absolute Gasteiger partial charge is 0.573 e. The van der Waals surface area contributed by atoms with Gasteiger partial charge in [-0.2, -0.15) is 0 Å². The number of hydrogen-bond donors (Lipinski definition) is 0. The van der Waals surface area contributed by atoms with Crippen LogP contribution in [0.3, 0.4) is 0 Å². The fraction of sp³-hybridized carbons (Fsp3) is 0.600. The lowest BCUT2D eigenvalue weighted by molar-refractivity contribution is -0.274. The van der Waals surface area contributed by atoms with Gasteiger partial charge in [0.05, 0.1) is 6.04 Å². The maximum absolute atomic E-state index is 12.7. The summed E-state index contributed by atoms with van der Waals surface area (Å²) in [6, 6.07) is 4.72. The molecule has 29 heavy (non-hydrogen) atoms. The number of benzene rings is 1. The first kappa shape index (κ1) is 21.4. The van der Waals surface area contributed by atoms with Crippen LogP contribution in [-0.2, 0) is 4.79 Å². The van der Waals surface area contributed by atoms with Crippen LogP contribution in [0.15, 0.2) is 24.3 Å². The van der Waals surface area contributed by atoms with Gasteiger partial charge in [0.2, 0.25) is 5.91 Å². The summed E-state index contributed by atoms with van der Waals surface area (Å²) in [6.45, 7) is 5.65. The zero-order valence-corrected chi connectivity index (χ0v) is 16.5. The topological polar surface area (TPSA) is 53.1 Å². The Morgan fingerprint density at radius 2 is 1.48 bits per heavy atom. The Labute approximate surface area is 168 Å². The minimum absolute atomic E-state index is 0.143. The van der Waals surface area contributed by atoms with Crippen LogP contribution in [0.1, 0.15) is 36.5 Å². The van der Waals surface area contributed by atoms with E-state index in [1.165, 1.54) is 18.6 Å². The van der Waals surface area contributed by atoms with E-state index in [1.807, 2.05) is 11.8 Å². The predicted molar refractivity (Wildman–Crippen MR) is 100 cm³/mol. The van der Waals surface area contributed by atoms with Crippen molar-refractivity contribution in [2.24, 2.45) is 0 Å². The molecule has 160 valence electrons. The highest BCUT2D eigenvalue weighted by atomic mass is 19.4. The highest BCUT2D eigenvalue weighted by molar-refractivity contribution is 5.94. The van der Waals surface area contributed by atoms with E-state index in [0.29, 0.717) is 31.7 Å². The lowest BCUT2D eigenvalue weighted by atomic mass is 10.1. The van der Waals surface area contributed by atoms with Crippen molar-refractivity contribution in [3.8, 4) is 5.75 Å². The number of nitrogens with zero attached hydrogens (tertiary/aromatic N) is 3. The number of carbonyl (C=O) groups is 2. The Balaban J connectivity index is 1.52. The summed E-state index contributed by atoms with van der Waals surface area (Å²) in [5, 5.41) is 0. The summed E-state index contributed by atoms with van der Waals surface area (Å²) in [7, 11) is 0. The molecule has 2 fully saturated rings. The van der Waals surface area contributed by atoms with Gasteiger partial charge in [0, 0.05) is 44.8 Å². The SMILES string of the molecule is CC(C(=O)N1CCCCC1)N1CCN(C(=O)c2ccc(OC(F)(F)F)cc2)CC1. The first-order valence-corrected chi connectivity index (χ1v) is 9.92. The van der Waals surface area contributed by atoms with Crippen LogP contribution in [0.25, 0.3) is 0 Å². The third kappa shape index (κ3) is 5.62. The quantitative estimate of drug-likeness (QED) is 0.762. The van der Waals surface area contributed by atoms with Crippen molar-refractivity contribution in [2.45, 2.75) is 38.6 Å². The van der Waals surface area contributed by atoms with E-state index >= 15 is 0 Å². The number of alkyl halides is 3. The number of rotatable bonds is 4. The van der Waals surface area contributed by atoms with Crippen LogP contribution in [0.4, 0.5) is 13.2 Å². The second kappa shape index (κ2) is 9.02. The molecule has 2 aliphatic heterocycles. The van der Waals surface area contributed by atoms with E-state index in [4.69, 9.17) is 0 Å². The molecule has 1 unspecified atom stereocenters. The molecule has 0 radical (unpaired) electrons. The van der Waals surface area contributed by atoms with Crippen molar-refractivity contribution in [2.75, 3.05) is 39.3 Å². The van der Waals surface area contributed by atoms with Crippen LogP contribution >= 0.6 is 0 Å². The molecule has 0 aliphatic carbocycles. The van der Waals surface area contributed by atoms with Crippen molar-refractivity contribution in [3.05, 3.63) is 29.8 Å². The Kier molecular flexibility index (Phi) is 6.66. The minimum Gasteiger partial charge on any atom is -0.406 e. The lowest BCUT2D eigenvalue weighted by Crippen LogP contribution is -2.56. The fourth-order valence-electron chi connectivity index (χ4n) is 3.83. The van der Waals surface area contributed by atoms with E-state index in [2.05, 4.69) is 9.64 Å². The molecular weight excluding hydrogens is 387 g/mol.